The number of amides is 1. The van der Waals surface area contributed by atoms with Gasteiger partial charge >= 0.3 is 0 Å². The second-order valence-corrected chi connectivity index (χ2v) is 7.27. The van der Waals surface area contributed by atoms with Crippen LogP contribution in [0.3, 0.4) is 0 Å². The van der Waals surface area contributed by atoms with Gasteiger partial charge in [-0.05, 0) is 12.5 Å². The SMILES string of the molecule is Cc1cccc(CSCC(=O)Nc2nnc(-c3ccccc3)s2)c1. The van der Waals surface area contributed by atoms with Crippen LogP contribution in [0, 0.1) is 6.92 Å². The van der Waals surface area contributed by atoms with E-state index in [1.807, 2.05) is 36.4 Å². The molecule has 0 saturated carbocycles. The molecule has 3 aromatic rings. The van der Waals surface area contributed by atoms with Crippen molar-refractivity contribution >= 4 is 34.1 Å². The molecule has 0 aliphatic carbocycles. The number of benzene rings is 2. The Bertz CT molecular complexity index is 818. The Hall–Kier alpha value is -2.18. The van der Waals surface area contributed by atoms with Crippen molar-refractivity contribution in [2.45, 2.75) is 12.7 Å². The first-order chi connectivity index (χ1) is 11.7. The summed E-state index contributed by atoms with van der Waals surface area (Å²) < 4.78 is 0. The molecule has 0 aliphatic heterocycles. The maximum absolute atomic E-state index is 12.0. The van der Waals surface area contributed by atoms with Crippen LogP contribution in [0.25, 0.3) is 10.6 Å². The topological polar surface area (TPSA) is 54.9 Å². The lowest BCUT2D eigenvalue weighted by molar-refractivity contribution is -0.113. The Morgan fingerprint density at radius 1 is 1.12 bits per heavy atom. The second-order valence-electron chi connectivity index (χ2n) is 5.31. The lowest BCUT2D eigenvalue weighted by atomic mass is 10.2. The van der Waals surface area contributed by atoms with Crippen molar-refractivity contribution in [3.05, 3.63) is 65.7 Å². The van der Waals surface area contributed by atoms with E-state index in [0.29, 0.717) is 10.9 Å². The van der Waals surface area contributed by atoms with E-state index in [4.69, 9.17) is 0 Å². The predicted octanol–water partition coefficient (Wildman–Crippen LogP) is 4.39. The Kier molecular flexibility index (Phi) is 5.61. The molecule has 0 saturated heterocycles. The van der Waals surface area contributed by atoms with Crippen molar-refractivity contribution < 1.29 is 4.79 Å². The van der Waals surface area contributed by atoms with Crippen LogP contribution in [0.15, 0.2) is 54.6 Å². The average Bonchev–Trinajstić information content (AvgIpc) is 3.04. The summed E-state index contributed by atoms with van der Waals surface area (Å²) in [5, 5.41) is 12.3. The van der Waals surface area contributed by atoms with Crippen LogP contribution in [0.2, 0.25) is 0 Å². The molecule has 2 aromatic carbocycles. The standard InChI is InChI=1S/C18H17N3OS2/c1-13-6-5-7-14(10-13)11-23-12-16(22)19-18-21-20-17(24-18)15-8-3-2-4-9-15/h2-10H,11-12H2,1H3,(H,19,21,22). The van der Waals surface area contributed by atoms with E-state index < -0.39 is 0 Å². The number of anilines is 1. The van der Waals surface area contributed by atoms with Crippen molar-refractivity contribution in [1.82, 2.24) is 10.2 Å². The molecular weight excluding hydrogens is 338 g/mol. The lowest BCUT2D eigenvalue weighted by Gasteiger charge is -2.03. The van der Waals surface area contributed by atoms with Gasteiger partial charge in [0, 0.05) is 11.3 Å². The third-order valence-corrected chi connectivity index (χ3v) is 5.17. The summed E-state index contributed by atoms with van der Waals surface area (Å²) >= 11 is 2.97. The molecule has 122 valence electrons. The number of hydrogen-bond donors (Lipinski definition) is 1. The molecular formula is C18H17N3OS2. The van der Waals surface area contributed by atoms with Gasteiger partial charge in [0.1, 0.15) is 5.01 Å². The monoisotopic (exact) mass is 355 g/mol. The summed E-state index contributed by atoms with van der Waals surface area (Å²) in [7, 11) is 0. The number of carbonyl (C=O) groups excluding carboxylic acids is 1. The first-order valence-electron chi connectivity index (χ1n) is 7.53. The number of nitrogens with zero attached hydrogens (tertiary/aromatic N) is 2. The number of aromatic nitrogens is 2. The maximum atomic E-state index is 12.0. The first kappa shape index (κ1) is 16.7. The number of rotatable bonds is 6. The Labute approximate surface area is 149 Å². The highest BCUT2D eigenvalue weighted by Crippen LogP contribution is 2.26. The van der Waals surface area contributed by atoms with Crippen LogP contribution in [-0.2, 0) is 10.5 Å². The number of hydrogen-bond acceptors (Lipinski definition) is 5. The van der Waals surface area contributed by atoms with E-state index in [1.54, 1.807) is 11.8 Å². The Balaban J connectivity index is 1.49. The minimum Gasteiger partial charge on any atom is -0.300 e. The van der Waals surface area contributed by atoms with Crippen molar-refractivity contribution in [3.8, 4) is 10.6 Å². The van der Waals surface area contributed by atoms with Gasteiger partial charge in [0.2, 0.25) is 11.0 Å². The van der Waals surface area contributed by atoms with E-state index in [9.17, 15) is 4.79 Å². The fourth-order valence-electron chi connectivity index (χ4n) is 2.19. The van der Waals surface area contributed by atoms with Gasteiger partial charge in [-0.15, -0.1) is 22.0 Å². The summed E-state index contributed by atoms with van der Waals surface area (Å²) in [5.74, 6) is 1.16. The molecule has 0 unspecified atom stereocenters. The molecule has 0 bridgehead atoms. The number of aryl methyl sites for hydroxylation is 1. The predicted molar refractivity (Wildman–Crippen MR) is 101 cm³/mol. The zero-order valence-electron chi connectivity index (χ0n) is 13.2. The highest BCUT2D eigenvalue weighted by atomic mass is 32.2. The minimum atomic E-state index is -0.0524. The molecule has 24 heavy (non-hydrogen) atoms. The molecule has 0 radical (unpaired) electrons. The number of nitrogens with one attached hydrogen (secondary N) is 1. The van der Waals surface area contributed by atoms with Gasteiger partial charge in [-0.25, -0.2) is 0 Å². The van der Waals surface area contributed by atoms with Gasteiger partial charge in [-0.2, -0.15) is 0 Å². The van der Waals surface area contributed by atoms with Crippen molar-refractivity contribution in [2.24, 2.45) is 0 Å². The largest absolute Gasteiger partial charge is 0.300 e. The van der Waals surface area contributed by atoms with Gasteiger partial charge in [0.15, 0.2) is 0 Å². The average molecular weight is 355 g/mol. The summed E-state index contributed by atoms with van der Waals surface area (Å²) in [4.78, 5) is 12.0. The third-order valence-electron chi connectivity index (χ3n) is 3.28. The zero-order chi connectivity index (χ0) is 16.8. The molecule has 0 fully saturated rings. The van der Waals surface area contributed by atoms with Crippen LogP contribution in [0.1, 0.15) is 11.1 Å². The van der Waals surface area contributed by atoms with Gasteiger partial charge < -0.3 is 0 Å². The van der Waals surface area contributed by atoms with E-state index in [-0.39, 0.29) is 5.91 Å². The number of thioether (sulfide) groups is 1. The molecule has 1 N–H and O–H groups in total. The number of carbonyl (C=O) groups is 1. The fourth-order valence-corrected chi connectivity index (χ4v) is 3.73. The highest BCUT2D eigenvalue weighted by Gasteiger charge is 2.09. The lowest BCUT2D eigenvalue weighted by Crippen LogP contribution is -2.14. The van der Waals surface area contributed by atoms with E-state index in [1.165, 1.54) is 22.5 Å². The van der Waals surface area contributed by atoms with Crippen LogP contribution in [0.5, 0.6) is 0 Å². The molecule has 0 atom stereocenters. The molecule has 3 rings (SSSR count). The second kappa shape index (κ2) is 8.08. The zero-order valence-corrected chi connectivity index (χ0v) is 14.9. The quantitative estimate of drug-likeness (QED) is 0.713. The van der Waals surface area contributed by atoms with E-state index in [0.717, 1.165) is 16.3 Å². The van der Waals surface area contributed by atoms with Crippen LogP contribution in [-0.4, -0.2) is 21.9 Å². The fraction of sp³-hybridized carbons (Fsp3) is 0.167. The highest BCUT2D eigenvalue weighted by molar-refractivity contribution is 7.99. The van der Waals surface area contributed by atoms with Gasteiger partial charge in [0.05, 0.1) is 5.75 Å². The normalized spacial score (nSPS) is 10.5. The summed E-state index contributed by atoms with van der Waals surface area (Å²) in [6.45, 7) is 2.07. The van der Waals surface area contributed by atoms with Crippen molar-refractivity contribution in [1.29, 1.82) is 0 Å². The molecule has 1 amide bonds. The van der Waals surface area contributed by atoms with Gasteiger partial charge in [-0.1, -0.05) is 71.5 Å². The van der Waals surface area contributed by atoms with Gasteiger partial charge in [0.25, 0.3) is 0 Å². The summed E-state index contributed by atoms with van der Waals surface area (Å²) in [5.41, 5.74) is 3.47. The van der Waals surface area contributed by atoms with Crippen LogP contribution < -0.4 is 5.32 Å². The molecule has 1 aromatic heterocycles. The summed E-state index contributed by atoms with van der Waals surface area (Å²) in [6, 6.07) is 18.1. The van der Waals surface area contributed by atoms with Crippen LogP contribution in [0.4, 0.5) is 5.13 Å². The molecule has 6 heteroatoms. The van der Waals surface area contributed by atoms with E-state index in [2.05, 4.69) is 40.6 Å². The minimum absolute atomic E-state index is 0.0524. The molecule has 0 spiro atoms. The Morgan fingerprint density at radius 2 is 1.96 bits per heavy atom. The van der Waals surface area contributed by atoms with E-state index >= 15 is 0 Å². The maximum Gasteiger partial charge on any atom is 0.236 e. The van der Waals surface area contributed by atoms with Crippen LogP contribution >= 0.6 is 23.1 Å². The molecule has 1 heterocycles. The molecule has 0 aliphatic rings. The first-order valence-corrected chi connectivity index (χ1v) is 9.50. The van der Waals surface area contributed by atoms with Crippen molar-refractivity contribution in [2.75, 3.05) is 11.1 Å². The summed E-state index contributed by atoms with van der Waals surface area (Å²) in [6.07, 6.45) is 0. The van der Waals surface area contributed by atoms with Crippen molar-refractivity contribution in [3.63, 3.8) is 0 Å². The Morgan fingerprint density at radius 3 is 2.75 bits per heavy atom. The van der Waals surface area contributed by atoms with Gasteiger partial charge in [-0.3, -0.25) is 10.1 Å². The third kappa shape index (κ3) is 4.66. The molecule has 4 nitrogen and oxygen atoms in total. The smallest absolute Gasteiger partial charge is 0.236 e.